The van der Waals surface area contributed by atoms with Gasteiger partial charge in [0.25, 0.3) is 0 Å². The van der Waals surface area contributed by atoms with Gasteiger partial charge in [-0.25, -0.2) is 0 Å². The first-order valence-corrected chi connectivity index (χ1v) is 10.7. The summed E-state index contributed by atoms with van der Waals surface area (Å²) in [6.45, 7) is 4.51. The minimum absolute atomic E-state index is 0. The number of fused-ring (bicyclic) bond motifs is 2. The molecule has 3 aromatic rings. The molecule has 0 N–H and O–H groups in total. The molecule has 28 heavy (non-hydrogen) atoms. The van der Waals surface area contributed by atoms with Crippen LogP contribution < -0.4 is 24.8 Å². The predicted octanol–water partition coefficient (Wildman–Crippen LogP) is -0.801. The summed E-state index contributed by atoms with van der Waals surface area (Å²) in [5, 5.41) is 9.53. The van der Waals surface area contributed by atoms with Crippen LogP contribution in [0.5, 0.6) is 0 Å². The van der Waals surface area contributed by atoms with E-state index in [1.165, 1.54) is 28.0 Å². The number of nitrogens with zero attached hydrogens (tertiary/aromatic N) is 3. The fraction of sp³-hybridized carbons (Fsp3) is 0.182. The smallest absolute Gasteiger partial charge is 1.00 e. The van der Waals surface area contributed by atoms with Crippen molar-refractivity contribution in [2.45, 2.75) is 24.5 Å². The Kier molecular flexibility index (Phi) is 6.31. The largest absolute Gasteiger partial charge is 1.00 e. The van der Waals surface area contributed by atoms with E-state index in [2.05, 4.69) is 50.3 Å². The van der Waals surface area contributed by atoms with E-state index in [4.69, 9.17) is 10.2 Å². The standard InChI is InChI=1S/C15H10N3.C7H9.2ClH.Ti/c1-2-6-12-10-13(9-11(12)5-1)18-16-14-7-3-4-8-15(14)17-18;1-6-4-3-5-7(6)2;;;/h1-10H;4H,3H2,1-2H3;2*1H;/q;;;;+2/p-2. The Bertz CT molecular complexity index is 1090. The molecule has 1 atom stereocenters. The van der Waals surface area contributed by atoms with Crippen molar-refractivity contribution in [2.75, 3.05) is 0 Å². The summed E-state index contributed by atoms with van der Waals surface area (Å²) >= 11 is -0.340. The molecule has 0 saturated carbocycles. The normalized spacial score (nSPS) is 17.4. The van der Waals surface area contributed by atoms with Gasteiger partial charge >= 0.3 is 162 Å². The molecule has 0 fully saturated rings. The molecular formula is C22H19Cl2N3Ti. The number of hydrogen-bond acceptors (Lipinski definition) is 2. The zero-order chi connectivity index (χ0) is 17.7. The van der Waals surface area contributed by atoms with Gasteiger partial charge in [-0.05, 0) is 0 Å². The molecule has 1 unspecified atom stereocenters. The molecule has 2 aromatic carbocycles. The molecule has 0 spiro atoms. The van der Waals surface area contributed by atoms with E-state index < -0.39 is 0 Å². The fourth-order valence-electron chi connectivity index (χ4n) is 3.75. The Hall–Kier alpha value is -1.65. The average molecular weight is 444 g/mol. The monoisotopic (exact) mass is 443 g/mol. The van der Waals surface area contributed by atoms with E-state index in [1.807, 2.05) is 29.1 Å². The maximum atomic E-state index is 4.76. The first-order chi connectivity index (χ1) is 12.7. The van der Waals surface area contributed by atoms with Gasteiger partial charge in [0.15, 0.2) is 0 Å². The van der Waals surface area contributed by atoms with E-state index in [0.29, 0.717) is 4.22 Å². The van der Waals surface area contributed by atoms with Crippen LogP contribution in [0.2, 0.25) is 0 Å². The summed E-state index contributed by atoms with van der Waals surface area (Å²) in [6.07, 6.45) is 5.78. The summed E-state index contributed by atoms with van der Waals surface area (Å²) in [6, 6.07) is 16.9. The number of allylic oxidation sites excluding steroid dienone is 5. The van der Waals surface area contributed by atoms with Crippen LogP contribution >= 0.6 is 0 Å². The van der Waals surface area contributed by atoms with Crippen LogP contribution in [0, 0.1) is 0 Å². The van der Waals surface area contributed by atoms with Crippen LogP contribution in [0.1, 0.15) is 35.6 Å². The third-order valence-corrected chi connectivity index (χ3v) is 8.25. The summed E-state index contributed by atoms with van der Waals surface area (Å²) in [5.41, 5.74) is 8.85. The first-order valence-electron chi connectivity index (χ1n) is 8.97. The van der Waals surface area contributed by atoms with E-state index >= 15 is 0 Å². The van der Waals surface area contributed by atoms with Crippen molar-refractivity contribution in [1.82, 2.24) is 15.0 Å². The van der Waals surface area contributed by atoms with Crippen molar-refractivity contribution in [2.24, 2.45) is 0 Å². The van der Waals surface area contributed by atoms with Gasteiger partial charge in [0.2, 0.25) is 0 Å². The average Bonchev–Trinajstić information content (AvgIpc) is 3.33. The zero-order valence-corrected chi connectivity index (χ0v) is 18.7. The van der Waals surface area contributed by atoms with Crippen molar-refractivity contribution in [1.29, 1.82) is 0 Å². The topological polar surface area (TPSA) is 30.7 Å². The predicted molar refractivity (Wildman–Crippen MR) is 102 cm³/mol. The number of hydrogen-bond donors (Lipinski definition) is 0. The van der Waals surface area contributed by atoms with Gasteiger partial charge in [0.1, 0.15) is 0 Å². The maximum Gasteiger partial charge on any atom is -1.00 e. The van der Waals surface area contributed by atoms with Gasteiger partial charge in [-0.15, -0.1) is 0 Å². The summed E-state index contributed by atoms with van der Waals surface area (Å²) in [4.78, 5) is 1.88. The van der Waals surface area contributed by atoms with Crippen LogP contribution in [-0.4, -0.2) is 15.0 Å². The molecule has 0 bridgehead atoms. The number of benzene rings is 2. The van der Waals surface area contributed by atoms with Gasteiger partial charge in [0, 0.05) is 0 Å². The number of rotatable bonds is 3. The van der Waals surface area contributed by atoms with Crippen molar-refractivity contribution < 1.29 is 44.0 Å². The third-order valence-electron chi connectivity index (χ3n) is 5.40. The molecular weight excluding hydrogens is 425 g/mol. The van der Waals surface area contributed by atoms with E-state index in [-0.39, 0.29) is 44.0 Å². The minimum atomic E-state index is -0.340. The second-order valence-corrected chi connectivity index (χ2v) is 9.24. The molecule has 140 valence electrons. The van der Waals surface area contributed by atoms with Crippen molar-refractivity contribution in [3.8, 4) is 0 Å². The Labute approximate surface area is 186 Å². The van der Waals surface area contributed by atoms with E-state index in [9.17, 15) is 0 Å². The van der Waals surface area contributed by atoms with E-state index in [0.717, 1.165) is 17.5 Å². The molecule has 6 heteroatoms. The molecule has 2 aliphatic carbocycles. The number of aromatic nitrogens is 3. The summed E-state index contributed by atoms with van der Waals surface area (Å²) in [5.74, 6) is 0. The molecule has 1 heterocycles. The second kappa shape index (κ2) is 8.38. The molecule has 2 aliphatic rings. The molecule has 0 aliphatic heterocycles. The molecule has 0 radical (unpaired) electrons. The van der Waals surface area contributed by atoms with Crippen LogP contribution in [0.3, 0.4) is 0 Å². The zero-order valence-electron chi connectivity index (χ0n) is 15.7. The Morgan fingerprint density at radius 2 is 1.57 bits per heavy atom. The Morgan fingerprint density at radius 3 is 2.21 bits per heavy atom. The Balaban J connectivity index is 0.00000112. The van der Waals surface area contributed by atoms with Crippen molar-refractivity contribution in [3.05, 3.63) is 80.8 Å². The van der Waals surface area contributed by atoms with Crippen LogP contribution in [-0.2, 0) is 19.2 Å². The number of halogens is 2. The van der Waals surface area contributed by atoms with Gasteiger partial charge in [-0.2, -0.15) is 0 Å². The fourth-order valence-corrected chi connectivity index (χ4v) is 6.48. The van der Waals surface area contributed by atoms with Crippen LogP contribution in [0.25, 0.3) is 22.8 Å². The van der Waals surface area contributed by atoms with Crippen LogP contribution in [0.4, 0.5) is 0 Å². The molecule has 0 amide bonds. The van der Waals surface area contributed by atoms with Gasteiger partial charge in [-0.1, -0.05) is 0 Å². The van der Waals surface area contributed by atoms with Crippen molar-refractivity contribution >= 4 is 22.8 Å². The third kappa shape index (κ3) is 3.53. The summed E-state index contributed by atoms with van der Waals surface area (Å²) < 4.78 is 2.09. The molecule has 0 saturated heterocycles. The van der Waals surface area contributed by atoms with Gasteiger partial charge in [0.05, 0.1) is 0 Å². The minimum Gasteiger partial charge on any atom is -1.00 e. The van der Waals surface area contributed by atoms with E-state index in [1.54, 1.807) is 3.88 Å². The SMILES string of the molecule is CC1=CC[C]([Ti+2][CH]2C(n3nc4ccccc4n3)=Cc3ccccc32)=C1C.[Cl-].[Cl-]. The Morgan fingerprint density at radius 1 is 0.929 bits per heavy atom. The summed E-state index contributed by atoms with van der Waals surface area (Å²) in [7, 11) is 0. The quantitative estimate of drug-likeness (QED) is 0.496. The van der Waals surface area contributed by atoms with Crippen molar-refractivity contribution in [3.63, 3.8) is 0 Å². The van der Waals surface area contributed by atoms with Gasteiger partial charge < -0.3 is 24.8 Å². The second-order valence-electron chi connectivity index (χ2n) is 6.95. The van der Waals surface area contributed by atoms with Crippen LogP contribution in [0.15, 0.2) is 69.6 Å². The molecule has 5 rings (SSSR count). The first kappa shape index (κ1) is 21.1. The van der Waals surface area contributed by atoms with Gasteiger partial charge in [-0.3, -0.25) is 0 Å². The molecule has 1 aromatic heterocycles. The maximum absolute atomic E-state index is 4.76. The molecule has 3 nitrogen and oxygen atoms in total.